The lowest BCUT2D eigenvalue weighted by Gasteiger charge is -2.19. The summed E-state index contributed by atoms with van der Waals surface area (Å²) in [4.78, 5) is 12.4. The normalized spacial score (nSPS) is 13.7. The van der Waals surface area contributed by atoms with Crippen LogP contribution in [0.15, 0.2) is 46.9 Å². The van der Waals surface area contributed by atoms with Gasteiger partial charge >= 0.3 is 0 Å². The summed E-state index contributed by atoms with van der Waals surface area (Å²) >= 11 is 3.42. The quantitative estimate of drug-likeness (QED) is 0.858. The van der Waals surface area contributed by atoms with Crippen molar-refractivity contribution in [2.24, 2.45) is 0 Å². The standard InChI is InChI=1S/C17H16BrNO/c18-15-10-4-3-9-14(15)17(20)19-16-11-5-7-12-6-1-2-8-13(12)16/h3-5,7,9-11H,1-2,6,8H2,(H,19,20). The molecule has 1 N–H and O–H groups in total. The summed E-state index contributed by atoms with van der Waals surface area (Å²) in [5.74, 6) is -0.0588. The predicted octanol–water partition coefficient (Wildman–Crippen LogP) is 4.58. The van der Waals surface area contributed by atoms with E-state index in [4.69, 9.17) is 0 Å². The summed E-state index contributed by atoms with van der Waals surface area (Å²) in [7, 11) is 0. The van der Waals surface area contributed by atoms with Crippen molar-refractivity contribution in [2.75, 3.05) is 5.32 Å². The van der Waals surface area contributed by atoms with Gasteiger partial charge in [-0.3, -0.25) is 4.79 Å². The third kappa shape index (κ3) is 2.63. The molecule has 0 atom stereocenters. The Bertz CT molecular complexity index is 651. The van der Waals surface area contributed by atoms with Crippen molar-refractivity contribution in [1.29, 1.82) is 0 Å². The van der Waals surface area contributed by atoms with Gasteiger partial charge in [0.15, 0.2) is 0 Å². The minimum Gasteiger partial charge on any atom is -0.322 e. The van der Waals surface area contributed by atoms with Crippen LogP contribution in [0.4, 0.5) is 5.69 Å². The molecule has 0 aromatic heterocycles. The average Bonchev–Trinajstić information content (AvgIpc) is 2.48. The Balaban J connectivity index is 1.89. The minimum atomic E-state index is -0.0588. The summed E-state index contributed by atoms with van der Waals surface area (Å²) in [5.41, 5.74) is 4.31. The Morgan fingerprint density at radius 1 is 1.00 bits per heavy atom. The number of fused-ring (bicyclic) bond motifs is 1. The van der Waals surface area contributed by atoms with Crippen LogP contribution in [0, 0.1) is 0 Å². The molecule has 2 nitrogen and oxygen atoms in total. The molecule has 1 aliphatic rings. The summed E-state index contributed by atoms with van der Waals surface area (Å²) in [6.07, 6.45) is 4.62. The van der Waals surface area contributed by atoms with Crippen molar-refractivity contribution in [1.82, 2.24) is 0 Å². The highest BCUT2D eigenvalue weighted by molar-refractivity contribution is 9.10. The fourth-order valence-corrected chi connectivity index (χ4v) is 3.20. The molecule has 0 fully saturated rings. The Kier molecular flexibility index (Phi) is 3.88. The lowest BCUT2D eigenvalue weighted by Crippen LogP contribution is -2.15. The minimum absolute atomic E-state index is 0.0588. The van der Waals surface area contributed by atoms with E-state index in [0.717, 1.165) is 23.0 Å². The van der Waals surface area contributed by atoms with Crippen molar-refractivity contribution in [3.05, 3.63) is 63.6 Å². The zero-order valence-corrected chi connectivity index (χ0v) is 12.7. The van der Waals surface area contributed by atoms with Gasteiger partial charge in [-0.15, -0.1) is 0 Å². The molecule has 0 saturated heterocycles. The van der Waals surface area contributed by atoms with E-state index in [9.17, 15) is 4.79 Å². The van der Waals surface area contributed by atoms with Gasteiger partial charge in [-0.1, -0.05) is 24.3 Å². The van der Waals surface area contributed by atoms with E-state index < -0.39 is 0 Å². The molecule has 3 heteroatoms. The number of amides is 1. The lowest BCUT2D eigenvalue weighted by atomic mass is 9.90. The lowest BCUT2D eigenvalue weighted by molar-refractivity contribution is 0.102. The molecule has 0 saturated carbocycles. The van der Waals surface area contributed by atoms with E-state index in [0.29, 0.717) is 5.56 Å². The van der Waals surface area contributed by atoms with Crippen LogP contribution in [0.3, 0.4) is 0 Å². The van der Waals surface area contributed by atoms with Crippen LogP contribution in [0.1, 0.15) is 34.3 Å². The number of anilines is 1. The molecule has 0 spiro atoms. The average molecular weight is 330 g/mol. The van der Waals surface area contributed by atoms with Gasteiger partial charge in [0.25, 0.3) is 5.91 Å². The van der Waals surface area contributed by atoms with Crippen LogP contribution in [0.25, 0.3) is 0 Å². The van der Waals surface area contributed by atoms with E-state index in [1.54, 1.807) is 0 Å². The third-order valence-electron chi connectivity index (χ3n) is 3.76. The Morgan fingerprint density at radius 3 is 2.65 bits per heavy atom. The third-order valence-corrected chi connectivity index (χ3v) is 4.45. The van der Waals surface area contributed by atoms with Crippen molar-refractivity contribution < 1.29 is 4.79 Å². The van der Waals surface area contributed by atoms with Gasteiger partial charge in [-0.2, -0.15) is 0 Å². The van der Waals surface area contributed by atoms with E-state index in [1.807, 2.05) is 36.4 Å². The van der Waals surface area contributed by atoms with Crippen LogP contribution in [-0.2, 0) is 12.8 Å². The van der Waals surface area contributed by atoms with Gasteiger partial charge in [-0.05, 0) is 70.9 Å². The first-order valence-electron chi connectivity index (χ1n) is 6.92. The Hall–Kier alpha value is -1.61. The SMILES string of the molecule is O=C(Nc1cccc2c1CCCC2)c1ccccc1Br. The van der Waals surface area contributed by atoms with E-state index in [1.165, 1.54) is 24.0 Å². The number of halogens is 1. The number of aryl methyl sites for hydroxylation is 1. The largest absolute Gasteiger partial charge is 0.322 e. The van der Waals surface area contributed by atoms with Gasteiger partial charge in [0.1, 0.15) is 0 Å². The Morgan fingerprint density at radius 2 is 1.80 bits per heavy atom. The molecule has 1 aliphatic carbocycles. The molecular formula is C17H16BrNO. The second kappa shape index (κ2) is 5.80. The first-order valence-corrected chi connectivity index (χ1v) is 7.71. The molecule has 0 heterocycles. The van der Waals surface area contributed by atoms with Crippen LogP contribution < -0.4 is 5.32 Å². The molecule has 102 valence electrons. The van der Waals surface area contributed by atoms with E-state index in [2.05, 4.69) is 27.3 Å². The van der Waals surface area contributed by atoms with Gasteiger partial charge in [0.05, 0.1) is 5.56 Å². The van der Waals surface area contributed by atoms with Crippen molar-refractivity contribution in [2.45, 2.75) is 25.7 Å². The predicted molar refractivity (Wildman–Crippen MR) is 85.2 cm³/mol. The van der Waals surface area contributed by atoms with E-state index in [-0.39, 0.29) is 5.91 Å². The summed E-state index contributed by atoms with van der Waals surface area (Å²) in [6, 6.07) is 13.7. The number of benzene rings is 2. The number of carbonyl (C=O) groups is 1. The molecule has 1 amide bonds. The monoisotopic (exact) mass is 329 g/mol. The summed E-state index contributed by atoms with van der Waals surface area (Å²) < 4.78 is 0.822. The second-order valence-electron chi connectivity index (χ2n) is 5.08. The second-order valence-corrected chi connectivity index (χ2v) is 5.94. The topological polar surface area (TPSA) is 29.1 Å². The van der Waals surface area contributed by atoms with Gasteiger partial charge in [0.2, 0.25) is 0 Å². The van der Waals surface area contributed by atoms with Crippen LogP contribution in [0.2, 0.25) is 0 Å². The Labute approximate surface area is 127 Å². The van der Waals surface area contributed by atoms with Crippen LogP contribution in [0.5, 0.6) is 0 Å². The summed E-state index contributed by atoms with van der Waals surface area (Å²) in [5, 5.41) is 3.06. The molecule has 0 bridgehead atoms. The number of carbonyl (C=O) groups excluding carboxylic acids is 1. The van der Waals surface area contributed by atoms with Gasteiger partial charge in [-0.25, -0.2) is 0 Å². The van der Waals surface area contributed by atoms with Crippen LogP contribution in [-0.4, -0.2) is 5.91 Å². The molecule has 2 aromatic carbocycles. The molecule has 0 unspecified atom stereocenters. The number of hydrogen-bond acceptors (Lipinski definition) is 1. The maximum Gasteiger partial charge on any atom is 0.256 e. The first-order chi connectivity index (χ1) is 9.75. The first kappa shape index (κ1) is 13.4. The molecule has 0 aliphatic heterocycles. The zero-order chi connectivity index (χ0) is 13.9. The zero-order valence-electron chi connectivity index (χ0n) is 11.2. The molecule has 20 heavy (non-hydrogen) atoms. The number of nitrogens with one attached hydrogen (secondary N) is 1. The highest BCUT2D eigenvalue weighted by Gasteiger charge is 2.16. The maximum absolute atomic E-state index is 12.4. The summed E-state index contributed by atoms with van der Waals surface area (Å²) in [6.45, 7) is 0. The molecular weight excluding hydrogens is 314 g/mol. The molecule has 2 aromatic rings. The molecule has 0 radical (unpaired) electrons. The molecule has 3 rings (SSSR count). The van der Waals surface area contributed by atoms with Crippen molar-refractivity contribution in [3.63, 3.8) is 0 Å². The van der Waals surface area contributed by atoms with E-state index >= 15 is 0 Å². The fraction of sp³-hybridized carbons (Fsp3) is 0.235. The smallest absolute Gasteiger partial charge is 0.256 e. The number of rotatable bonds is 2. The van der Waals surface area contributed by atoms with Crippen LogP contribution >= 0.6 is 15.9 Å². The maximum atomic E-state index is 12.4. The highest BCUT2D eigenvalue weighted by Crippen LogP contribution is 2.28. The van der Waals surface area contributed by atoms with Gasteiger partial charge in [0, 0.05) is 10.2 Å². The fourth-order valence-electron chi connectivity index (χ4n) is 2.73. The van der Waals surface area contributed by atoms with Crippen molar-refractivity contribution >= 4 is 27.5 Å². The highest BCUT2D eigenvalue weighted by atomic mass is 79.9. The van der Waals surface area contributed by atoms with Gasteiger partial charge < -0.3 is 5.32 Å². The van der Waals surface area contributed by atoms with Crippen molar-refractivity contribution in [3.8, 4) is 0 Å². The number of hydrogen-bond donors (Lipinski definition) is 1.